The van der Waals surface area contributed by atoms with E-state index in [-0.39, 0.29) is 0 Å². The molecule has 0 fully saturated rings. The summed E-state index contributed by atoms with van der Waals surface area (Å²) < 4.78 is 1.58. The fourth-order valence-electron chi connectivity index (χ4n) is 3.26. The first-order valence-electron chi connectivity index (χ1n) is 11.1. The molecular formula is C21H42N4S. The molecule has 0 saturated heterocycles. The molecule has 4 nitrogen and oxygen atoms in total. The highest BCUT2D eigenvalue weighted by Crippen LogP contribution is 2.18. The molecule has 0 aliphatic rings. The van der Waals surface area contributed by atoms with E-state index in [9.17, 15) is 0 Å². The third-order valence-corrected chi connectivity index (χ3v) is 6.09. The Morgan fingerprint density at radius 3 is 1.50 bits per heavy atom. The molecule has 2 N–H and O–H groups in total. The predicted octanol–water partition coefficient (Wildman–Crippen LogP) is 6.65. The minimum atomic E-state index is 0.777. The minimum absolute atomic E-state index is 0.777. The molecule has 0 unspecified atom stereocenters. The number of thioether (sulfide) groups is 1. The highest BCUT2D eigenvalue weighted by atomic mass is 32.2. The van der Waals surface area contributed by atoms with Crippen LogP contribution >= 0.6 is 11.8 Å². The lowest BCUT2D eigenvalue weighted by atomic mass is 10.0. The largest absolute Gasteiger partial charge is 0.336 e. The molecule has 1 aromatic heterocycles. The van der Waals surface area contributed by atoms with E-state index < -0.39 is 0 Å². The molecule has 152 valence electrons. The predicted molar refractivity (Wildman–Crippen MR) is 115 cm³/mol. The highest BCUT2D eigenvalue weighted by Gasteiger charge is 2.05. The van der Waals surface area contributed by atoms with Crippen LogP contribution < -0.4 is 5.84 Å². The zero-order chi connectivity index (χ0) is 18.9. The lowest BCUT2D eigenvalue weighted by Crippen LogP contribution is -2.11. The molecule has 1 heterocycles. The first-order chi connectivity index (χ1) is 12.8. The SMILES string of the molecule is CCCCCCCCCCCCCCCCCCSc1nnc(C)n1N. The van der Waals surface area contributed by atoms with E-state index >= 15 is 0 Å². The summed E-state index contributed by atoms with van der Waals surface area (Å²) >= 11 is 1.72. The fraction of sp³-hybridized carbons (Fsp3) is 0.905. The summed E-state index contributed by atoms with van der Waals surface area (Å²) in [5.41, 5.74) is 0. The van der Waals surface area contributed by atoms with Gasteiger partial charge in [-0.3, -0.25) is 0 Å². The first kappa shape index (κ1) is 23.3. The van der Waals surface area contributed by atoms with Gasteiger partial charge in [0.15, 0.2) is 0 Å². The highest BCUT2D eigenvalue weighted by molar-refractivity contribution is 7.99. The molecule has 26 heavy (non-hydrogen) atoms. The Hall–Kier alpha value is -0.710. The Morgan fingerprint density at radius 1 is 0.692 bits per heavy atom. The Bertz CT molecular complexity index is 434. The van der Waals surface area contributed by atoms with Crippen LogP contribution in [0.1, 0.15) is 115 Å². The third kappa shape index (κ3) is 11.8. The average Bonchev–Trinajstić information content (AvgIpc) is 2.96. The van der Waals surface area contributed by atoms with Gasteiger partial charge in [-0.15, -0.1) is 10.2 Å². The zero-order valence-corrected chi connectivity index (χ0v) is 18.2. The summed E-state index contributed by atoms with van der Waals surface area (Å²) in [5.74, 6) is 7.71. The monoisotopic (exact) mass is 382 g/mol. The van der Waals surface area contributed by atoms with E-state index in [1.807, 2.05) is 6.92 Å². The van der Waals surface area contributed by atoms with Crippen molar-refractivity contribution < 1.29 is 0 Å². The van der Waals surface area contributed by atoms with E-state index in [0.29, 0.717) is 0 Å². The number of aryl methyl sites for hydroxylation is 1. The lowest BCUT2D eigenvalue weighted by Gasteiger charge is -2.04. The van der Waals surface area contributed by atoms with Crippen molar-refractivity contribution in [1.29, 1.82) is 0 Å². The second-order valence-corrected chi connectivity index (χ2v) is 8.61. The van der Waals surface area contributed by atoms with Gasteiger partial charge in [0.05, 0.1) is 0 Å². The van der Waals surface area contributed by atoms with Crippen LogP contribution in [0.15, 0.2) is 5.16 Å². The van der Waals surface area contributed by atoms with Crippen LogP contribution in [0.5, 0.6) is 0 Å². The normalized spacial score (nSPS) is 11.3. The Labute approximate surface area is 166 Å². The smallest absolute Gasteiger partial charge is 0.209 e. The molecule has 0 aromatic carbocycles. The summed E-state index contributed by atoms with van der Waals surface area (Å²) in [5, 5.41) is 8.89. The van der Waals surface area contributed by atoms with Gasteiger partial charge in [0.2, 0.25) is 5.16 Å². The van der Waals surface area contributed by atoms with Crippen molar-refractivity contribution >= 4 is 11.8 Å². The number of aromatic nitrogens is 3. The van der Waals surface area contributed by atoms with E-state index in [1.165, 1.54) is 103 Å². The van der Waals surface area contributed by atoms with Gasteiger partial charge < -0.3 is 5.84 Å². The minimum Gasteiger partial charge on any atom is -0.336 e. The van der Waals surface area contributed by atoms with Crippen molar-refractivity contribution in [3.05, 3.63) is 5.82 Å². The van der Waals surface area contributed by atoms with Crippen molar-refractivity contribution in [1.82, 2.24) is 14.9 Å². The molecule has 0 bridgehead atoms. The van der Waals surface area contributed by atoms with Crippen LogP contribution in [0, 0.1) is 6.92 Å². The Balaban J connectivity index is 1.74. The van der Waals surface area contributed by atoms with Crippen LogP contribution in [0.25, 0.3) is 0 Å². The van der Waals surface area contributed by atoms with Gasteiger partial charge in [0, 0.05) is 5.75 Å². The second-order valence-electron chi connectivity index (χ2n) is 7.55. The molecule has 0 aliphatic heterocycles. The molecule has 0 saturated carbocycles. The molecule has 0 spiro atoms. The van der Waals surface area contributed by atoms with Crippen molar-refractivity contribution in [2.45, 2.75) is 122 Å². The number of rotatable bonds is 18. The second kappa shape index (κ2) is 16.5. The number of hydrogen-bond donors (Lipinski definition) is 1. The van der Waals surface area contributed by atoms with Crippen molar-refractivity contribution in [2.24, 2.45) is 0 Å². The van der Waals surface area contributed by atoms with E-state index in [0.717, 1.165) is 16.7 Å². The van der Waals surface area contributed by atoms with E-state index in [4.69, 9.17) is 5.84 Å². The van der Waals surface area contributed by atoms with Gasteiger partial charge in [-0.25, -0.2) is 4.68 Å². The van der Waals surface area contributed by atoms with Crippen LogP contribution in [0.4, 0.5) is 0 Å². The molecule has 5 heteroatoms. The topological polar surface area (TPSA) is 56.7 Å². The average molecular weight is 383 g/mol. The van der Waals surface area contributed by atoms with Crippen LogP contribution in [-0.2, 0) is 0 Å². The number of nitrogen functional groups attached to an aromatic ring is 1. The van der Waals surface area contributed by atoms with Crippen molar-refractivity contribution in [3.8, 4) is 0 Å². The van der Waals surface area contributed by atoms with E-state index in [2.05, 4.69) is 17.1 Å². The summed E-state index contributed by atoms with van der Waals surface area (Å²) in [6.45, 7) is 4.17. The Morgan fingerprint density at radius 2 is 1.12 bits per heavy atom. The maximum absolute atomic E-state index is 5.85. The van der Waals surface area contributed by atoms with Gasteiger partial charge in [-0.2, -0.15) is 0 Å². The molecule has 1 aromatic rings. The van der Waals surface area contributed by atoms with Crippen molar-refractivity contribution in [3.63, 3.8) is 0 Å². The van der Waals surface area contributed by atoms with Gasteiger partial charge in [-0.05, 0) is 13.3 Å². The summed E-state index contributed by atoms with van der Waals surface area (Å²) in [6, 6.07) is 0. The van der Waals surface area contributed by atoms with Crippen LogP contribution in [0.3, 0.4) is 0 Å². The summed E-state index contributed by atoms with van der Waals surface area (Å²) in [6.07, 6.45) is 22.6. The lowest BCUT2D eigenvalue weighted by molar-refractivity contribution is 0.531. The van der Waals surface area contributed by atoms with E-state index in [1.54, 1.807) is 16.4 Å². The third-order valence-electron chi connectivity index (χ3n) is 5.06. The number of unbranched alkanes of at least 4 members (excludes halogenated alkanes) is 15. The number of nitrogens with two attached hydrogens (primary N) is 1. The number of nitrogens with zero attached hydrogens (tertiary/aromatic N) is 3. The fourth-order valence-corrected chi connectivity index (χ4v) is 4.16. The standard InChI is InChI=1S/C21H42N4S/c1-3-4-5-6-7-8-9-10-11-12-13-14-15-16-17-18-19-26-21-24-23-20(2)25(21)22/h3-19,22H2,1-2H3. The van der Waals surface area contributed by atoms with Crippen molar-refractivity contribution in [2.75, 3.05) is 11.6 Å². The van der Waals surface area contributed by atoms with Crippen LogP contribution in [-0.4, -0.2) is 20.6 Å². The quantitative estimate of drug-likeness (QED) is 0.175. The molecule has 0 radical (unpaired) electrons. The molecule has 0 amide bonds. The zero-order valence-electron chi connectivity index (χ0n) is 17.3. The molecular weight excluding hydrogens is 340 g/mol. The molecule has 0 atom stereocenters. The summed E-state index contributed by atoms with van der Waals surface area (Å²) in [7, 11) is 0. The maximum atomic E-state index is 5.85. The summed E-state index contributed by atoms with van der Waals surface area (Å²) in [4.78, 5) is 0. The van der Waals surface area contributed by atoms with Gasteiger partial charge >= 0.3 is 0 Å². The number of hydrogen-bond acceptors (Lipinski definition) is 4. The molecule has 0 aliphatic carbocycles. The maximum Gasteiger partial charge on any atom is 0.209 e. The van der Waals surface area contributed by atoms with Crippen LogP contribution in [0.2, 0.25) is 0 Å². The molecule has 1 rings (SSSR count). The van der Waals surface area contributed by atoms with Gasteiger partial charge in [0.25, 0.3) is 0 Å². The Kier molecular flexibility index (Phi) is 14.8. The van der Waals surface area contributed by atoms with Gasteiger partial charge in [-0.1, -0.05) is 115 Å². The van der Waals surface area contributed by atoms with Gasteiger partial charge in [0.1, 0.15) is 5.82 Å². The first-order valence-corrected chi connectivity index (χ1v) is 12.0.